The van der Waals surface area contributed by atoms with Crippen LogP contribution in [0.1, 0.15) is 30.5 Å². The van der Waals surface area contributed by atoms with E-state index < -0.39 is 5.97 Å². The Balaban J connectivity index is 2.10. The molecule has 0 amide bonds. The molecule has 0 saturated heterocycles. The van der Waals surface area contributed by atoms with Crippen molar-refractivity contribution in [3.05, 3.63) is 58.1 Å². The number of hydrogen-bond donors (Lipinski definition) is 0. The summed E-state index contributed by atoms with van der Waals surface area (Å²) in [6.07, 6.45) is 3.09. The van der Waals surface area contributed by atoms with Crippen molar-refractivity contribution < 1.29 is 19.0 Å². The Bertz CT molecular complexity index is 802. The van der Waals surface area contributed by atoms with E-state index in [9.17, 15) is 4.79 Å². The van der Waals surface area contributed by atoms with Crippen LogP contribution in [0.25, 0.3) is 6.08 Å². The SMILES string of the molecule is COc1cc(/C=C/C(=O)Oc2cc(C)c(Cl)c(C)c2)ccc1OC(C)C. The van der Waals surface area contributed by atoms with E-state index >= 15 is 0 Å². The van der Waals surface area contributed by atoms with E-state index in [1.54, 1.807) is 31.4 Å². The molecule has 0 spiro atoms. The average molecular weight is 375 g/mol. The van der Waals surface area contributed by atoms with Crippen LogP contribution < -0.4 is 14.2 Å². The summed E-state index contributed by atoms with van der Waals surface area (Å²) >= 11 is 6.12. The molecule has 0 fully saturated rings. The lowest BCUT2D eigenvalue weighted by Crippen LogP contribution is -2.06. The highest BCUT2D eigenvalue weighted by atomic mass is 35.5. The molecule has 4 nitrogen and oxygen atoms in total. The predicted octanol–water partition coefficient (Wildman–Crippen LogP) is 5.37. The normalized spacial score (nSPS) is 11.0. The molecule has 0 saturated carbocycles. The highest BCUT2D eigenvalue weighted by Gasteiger charge is 2.08. The minimum absolute atomic E-state index is 0.0477. The number of carbonyl (C=O) groups is 1. The molecule has 0 unspecified atom stereocenters. The van der Waals surface area contributed by atoms with Gasteiger partial charge in [0, 0.05) is 11.1 Å². The molecule has 2 aromatic rings. The third-order valence-electron chi connectivity index (χ3n) is 3.59. The van der Waals surface area contributed by atoms with E-state index in [0.29, 0.717) is 22.3 Å². The molecule has 0 aliphatic carbocycles. The molecule has 0 radical (unpaired) electrons. The van der Waals surface area contributed by atoms with Crippen molar-refractivity contribution in [1.82, 2.24) is 0 Å². The topological polar surface area (TPSA) is 44.8 Å². The number of esters is 1. The molecule has 0 bridgehead atoms. The number of methoxy groups -OCH3 is 1. The van der Waals surface area contributed by atoms with Gasteiger partial charge in [-0.05, 0) is 74.7 Å². The van der Waals surface area contributed by atoms with Crippen LogP contribution in [0, 0.1) is 13.8 Å². The summed E-state index contributed by atoms with van der Waals surface area (Å²) in [7, 11) is 1.58. The maximum Gasteiger partial charge on any atom is 0.336 e. The summed E-state index contributed by atoms with van der Waals surface area (Å²) in [6.45, 7) is 7.64. The van der Waals surface area contributed by atoms with Gasteiger partial charge in [-0.15, -0.1) is 0 Å². The number of rotatable bonds is 6. The quantitative estimate of drug-likeness (QED) is 0.387. The zero-order valence-electron chi connectivity index (χ0n) is 15.6. The fourth-order valence-electron chi connectivity index (χ4n) is 2.42. The first-order valence-electron chi connectivity index (χ1n) is 8.31. The second-order valence-electron chi connectivity index (χ2n) is 6.20. The lowest BCUT2D eigenvalue weighted by molar-refractivity contribution is -0.128. The summed E-state index contributed by atoms with van der Waals surface area (Å²) in [5, 5.41) is 0.677. The van der Waals surface area contributed by atoms with Gasteiger partial charge in [0.15, 0.2) is 11.5 Å². The van der Waals surface area contributed by atoms with Gasteiger partial charge in [0.1, 0.15) is 5.75 Å². The first-order valence-corrected chi connectivity index (χ1v) is 8.69. The molecule has 5 heteroatoms. The van der Waals surface area contributed by atoms with Crippen LogP contribution >= 0.6 is 11.6 Å². The van der Waals surface area contributed by atoms with Crippen molar-refractivity contribution in [2.24, 2.45) is 0 Å². The summed E-state index contributed by atoms with van der Waals surface area (Å²) < 4.78 is 16.4. The molecular weight excluding hydrogens is 352 g/mol. The fourth-order valence-corrected chi connectivity index (χ4v) is 2.53. The van der Waals surface area contributed by atoms with Crippen molar-refractivity contribution in [3.63, 3.8) is 0 Å². The first-order chi connectivity index (χ1) is 12.3. The molecular formula is C21H23ClO4. The molecule has 2 aromatic carbocycles. The van der Waals surface area contributed by atoms with Gasteiger partial charge < -0.3 is 14.2 Å². The molecule has 26 heavy (non-hydrogen) atoms. The van der Waals surface area contributed by atoms with Gasteiger partial charge in [-0.1, -0.05) is 17.7 Å². The van der Waals surface area contributed by atoms with E-state index in [4.69, 9.17) is 25.8 Å². The third-order valence-corrected chi connectivity index (χ3v) is 4.19. The zero-order valence-corrected chi connectivity index (χ0v) is 16.4. The third kappa shape index (κ3) is 5.27. The monoisotopic (exact) mass is 374 g/mol. The maximum absolute atomic E-state index is 12.1. The predicted molar refractivity (Wildman–Crippen MR) is 104 cm³/mol. The second-order valence-corrected chi connectivity index (χ2v) is 6.58. The number of benzene rings is 2. The molecule has 138 valence electrons. The van der Waals surface area contributed by atoms with Crippen molar-refractivity contribution >= 4 is 23.6 Å². The Labute approximate surface area is 159 Å². The van der Waals surface area contributed by atoms with Gasteiger partial charge in [-0.25, -0.2) is 4.79 Å². The number of halogens is 1. The maximum atomic E-state index is 12.1. The van der Waals surface area contributed by atoms with E-state index in [1.807, 2.05) is 39.8 Å². The average Bonchev–Trinajstić information content (AvgIpc) is 2.58. The standard InChI is InChI=1S/C21H23ClO4/c1-13(2)25-18-8-6-16(12-19(18)24-5)7-9-20(23)26-17-10-14(3)21(22)15(4)11-17/h6-13H,1-5H3/b9-7+. The molecule has 0 atom stereocenters. The lowest BCUT2D eigenvalue weighted by Gasteiger charge is -2.13. The second kappa shape index (κ2) is 8.77. The first kappa shape index (κ1) is 19.9. The van der Waals surface area contributed by atoms with E-state index in [2.05, 4.69) is 0 Å². The summed E-state index contributed by atoms with van der Waals surface area (Å²) in [5.41, 5.74) is 2.53. The minimum atomic E-state index is -0.465. The molecule has 0 aliphatic rings. The van der Waals surface area contributed by atoms with Crippen LogP contribution in [-0.4, -0.2) is 19.2 Å². The van der Waals surface area contributed by atoms with Crippen LogP contribution in [0.3, 0.4) is 0 Å². The van der Waals surface area contributed by atoms with Gasteiger partial charge in [0.2, 0.25) is 0 Å². The lowest BCUT2D eigenvalue weighted by atomic mass is 10.1. The molecule has 2 rings (SSSR count). The van der Waals surface area contributed by atoms with Crippen LogP contribution in [0.4, 0.5) is 0 Å². The minimum Gasteiger partial charge on any atom is -0.493 e. The molecule has 0 aromatic heterocycles. The highest BCUT2D eigenvalue weighted by molar-refractivity contribution is 6.32. The highest BCUT2D eigenvalue weighted by Crippen LogP contribution is 2.29. The number of carbonyl (C=O) groups excluding carboxylic acids is 1. The van der Waals surface area contributed by atoms with Crippen molar-refractivity contribution in [2.75, 3.05) is 7.11 Å². The Morgan fingerprint density at radius 2 is 1.73 bits per heavy atom. The Morgan fingerprint density at radius 3 is 2.31 bits per heavy atom. The zero-order chi connectivity index (χ0) is 19.3. The molecule has 0 aliphatic heterocycles. The van der Waals surface area contributed by atoms with Gasteiger partial charge in [-0.3, -0.25) is 0 Å². The van der Waals surface area contributed by atoms with Crippen molar-refractivity contribution in [1.29, 1.82) is 0 Å². The Hall–Kier alpha value is -2.46. The van der Waals surface area contributed by atoms with Gasteiger partial charge in [-0.2, -0.15) is 0 Å². The Morgan fingerprint density at radius 1 is 1.08 bits per heavy atom. The number of hydrogen-bond acceptors (Lipinski definition) is 4. The summed E-state index contributed by atoms with van der Waals surface area (Å²) in [4.78, 5) is 12.1. The van der Waals surface area contributed by atoms with Gasteiger partial charge in [0.05, 0.1) is 13.2 Å². The van der Waals surface area contributed by atoms with Crippen LogP contribution in [0.2, 0.25) is 5.02 Å². The smallest absolute Gasteiger partial charge is 0.336 e. The number of aryl methyl sites for hydroxylation is 2. The van der Waals surface area contributed by atoms with E-state index in [1.165, 1.54) is 6.08 Å². The fraction of sp³-hybridized carbons (Fsp3) is 0.286. The van der Waals surface area contributed by atoms with E-state index in [0.717, 1.165) is 16.7 Å². The molecule has 0 N–H and O–H groups in total. The van der Waals surface area contributed by atoms with Crippen LogP contribution in [-0.2, 0) is 4.79 Å². The van der Waals surface area contributed by atoms with Gasteiger partial charge >= 0.3 is 5.97 Å². The summed E-state index contributed by atoms with van der Waals surface area (Å²) in [5.74, 6) is 1.28. The summed E-state index contributed by atoms with van der Waals surface area (Å²) in [6, 6.07) is 8.94. The van der Waals surface area contributed by atoms with Crippen molar-refractivity contribution in [3.8, 4) is 17.2 Å². The van der Waals surface area contributed by atoms with Gasteiger partial charge in [0.25, 0.3) is 0 Å². The number of ether oxygens (including phenoxy) is 3. The largest absolute Gasteiger partial charge is 0.493 e. The van der Waals surface area contributed by atoms with Crippen LogP contribution in [0.15, 0.2) is 36.4 Å². The van der Waals surface area contributed by atoms with E-state index in [-0.39, 0.29) is 6.10 Å². The molecule has 0 heterocycles. The Kier molecular flexibility index (Phi) is 6.70. The van der Waals surface area contributed by atoms with Crippen molar-refractivity contribution in [2.45, 2.75) is 33.8 Å². The van der Waals surface area contributed by atoms with Crippen LogP contribution in [0.5, 0.6) is 17.2 Å².